The quantitative estimate of drug-likeness (QED) is 0.757. The molecule has 92 valence electrons. The zero-order valence-electron chi connectivity index (χ0n) is 10.2. The van der Waals surface area contributed by atoms with E-state index >= 15 is 0 Å². The summed E-state index contributed by atoms with van der Waals surface area (Å²) in [6, 6.07) is 15.6. The number of aromatic nitrogens is 3. The summed E-state index contributed by atoms with van der Waals surface area (Å²) < 4.78 is 0. The Balaban J connectivity index is 2.12. The monoisotopic (exact) mass is 248 g/mol. The van der Waals surface area contributed by atoms with Crippen molar-refractivity contribution in [2.24, 2.45) is 0 Å². The second-order valence-electron chi connectivity index (χ2n) is 4.10. The van der Waals surface area contributed by atoms with Gasteiger partial charge in [0.15, 0.2) is 0 Å². The molecule has 4 nitrogen and oxygen atoms in total. The Bertz CT molecular complexity index is 623. The van der Waals surface area contributed by atoms with Gasteiger partial charge in [-0.3, -0.25) is 4.98 Å². The van der Waals surface area contributed by atoms with Crippen LogP contribution in [0.5, 0.6) is 0 Å². The smallest absolute Gasteiger partial charge is 0.221 e. The Morgan fingerprint density at radius 3 is 1.95 bits per heavy atom. The Labute approximate surface area is 111 Å². The van der Waals surface area contributed by atoms with E-state index in [1.54, 1.807) is 12.4 Å². The summed E-state index contributed by atoms with van der Waals surface area (Å²) in [7, 11) is 0. The normalized spacial score (nSPS) is 10.3. The molecule has 2 heterocycles. The fourth-order valence-electron chi connectivity index (χ4n) is 1.89. The molecule has 2 aromatic heterocycles. The van der Waals surface area contributed by atoms with Crippen molar-refractivity contribution in [3.05, 3.63) is 60.9 Å². The summed E-state index contributed by atoms with van der Waals surface area (Å²) in [6.45, 7) is 0. The number of nitrogen functional groups attached to an aromatic ring is 1. The molecule has 0 radical (unpaired) electrons. The molecule has 19 heavy (non-hydrogen) atoms. The number of hydrogen-bond acceptors (Lipinski definition) is 4. The van der Waals surface area contributed by atoms with E-state index in [4.69, 9.17) is 5.73 Å². The number of pyridine rings is 1. The first-order chi connectivity index (χ1) is 9.33. The molecule has 1 aromatic carbocycles. The summed E-state index contributed by atoms with van der Waals surface area (Å²) in [4.78, 5) is 12.5. The molecule has 3 rings (SSSR count). The fraction of sp³-hybridized carbons (Fsp3) is 0. The van der Waals surface area contributed by atoms with Crippen LogP contribution in [0.1, 0.15) is 0 Å². The van der Waals surface area contributed by atoms with Crippen LogP contribution in [0, 0.1) is 0 Å². The summed E-state index contributed by atoms with van der Waals surface area (Å²) in [6.07, 6.45) is 3.46. The highest BCUT2D eigenvalue weighted by molar-refractivity contribution is 5.68. The summed E-state index contributed by atoms with van der Waals surface area (Å²) in [5.41, 5.74) is 9.41. The molecule has 0 unspecified atom stereocenters. The first-order valence-corrected chi connectivity index (χ1v) is 5.93. The molecule has 0 fully saturated rings. The predicted octanol–water partition coefficient (Wildman–Crippen LogP) is 2.79. The van der Waals surface area contributed by atoms with E-state index in [-0.39, 0.29) is 5.95 Å². The zero-order valence-corrected chi connectivity index (χ0v) is 10.2. The fourth-order valence-corrected chi connectivity index (χ4v) is 1.89. The van der Waals surface area contributed by atoms with Crippen molar-refractivity contribution in [2.75, 3.05) is 5.73 Å². The molecular formula is C15H12N4. The van der Waals surface area contributed by atoms with Crippen molar-refractivity contribution in [3.63, 3.8) is 0 Å². The van der Waals surface area contributed by atoms with Gasteiger partial charge in [0, 0.05) is 23.5 Å². The van der Waals surface area contributed by atoms with E-state index in [0.29, 0.717) is 0 Å². The lowest BCUT2D eigenvalue weighted by molar-refractivity contribution is 1.19. The zero-order chi connectivity index (χ0) is 13.1. The molecule has 0 atom stereocenters. The van der Waals surface area contributed by atoms with Crippen LogP contribution < -0.4 is 5.73 Å². The molecule has 2 N–H and O–H groups in total. The minimum Gasteiger partial charge on any atom is -0.368 e. The third-order valence-electron chi connectivity index (χ3n) is 2.79. The third kappa shape index (κ3) is 2.42. The number of benzene rings is 1. The SMILES string of the molecule is Nc1nc(-c2ccccc2)cc(-c2ccncc2)n1. The largest absolute Gasteiger partial charge is 0.368 e. The standard InChI is InChI=1S/C15H12N4/c16-15-18-13(11-4-2-1-3-5-11)10-14(19-15)12-6-8-17-9-7-12/h1-10H,(H2,16,18,19). The van der Waals surface area contributed by atoms with E-state index in [0.717, 1.165) is 22.5 Å². The second kappa shape index (κ2) is 4.86. The van der Waals surface area contributed by atoms with Gasteiger partial charge in [-0.25, -0.2) is 9.97 Å². The van der Waals surface area contributed by atoms with E-state index < -0.39 is 0 Å². The topological polar surface area (TPSA) is 64.7 Å². The average molecular weight is 248 g/mol. The minimum atomic E-state index is 0.271. The van der Waals surface area contributed by atoms with Crippen molar-refractivity contribution in [3.8, 4) is 22.5 Å². The minimum absolute atomic E-state index is 0.271. The van der Waals surface area contributed by atoms with Crippen LogP contribution >= 0.6 is 0 Å². The molecule has 0 aliphatic heterocycles. The van der Waals surface area contributed by atoms with Crippen LogP contribution in [0.4, 0.5) is 5.95 Å². The highest BCUT2D eigenvalue weighted by Crippen LogP contribution is 2.23. The van der Waals surface area contributed by atoms with Crippen molar-refractivity contribution in [1.29, 1.82) is 0 Å². The van der Waals surface area contributed by atoms with Gasteiger partial charge in [0.1, 0.15) is 0 Å². The van der Waals surface area contributed by atoms with E-state index in [9.17, 15) is 0 Å². The van der Waals surface area contributed by atoms with Crippen molar-refractivity contribution in [1.82, 2.24) is 15.0 Å². The van der Waals surface area contributed by atoms with E-state index in [1.807, 2.05) is 48.5 Å². The molecule has 0 saturated heterocycles. The molecule has 0 aliphatic carbocycles. The van der Waals surface area contributed by atoms with Crippen LogP contribution in [-0.2, 0) is 0 Å². The highest BCUT2D eigenvalue weighted by Gasteiger charge is 2.06. The maximum absolute atomic E-state index is 5.80. The Morgan fingerprint density at radius 2 is 1.32 bits per heavy atom. The maximum atomic E-state index is 5.80. The Kier molecular flexibility index (Phi) is 2.90. The lowest BCUT2D eigenvalue weighted by atomic mass is 10.1. The van der Waals surface area contributed by atoms with Crippen molar-refractivity contribution in [2.45, 2.75) is 0 Å². The maximum Gasteiger partial charge on any atom is 0.221 e. The summed E-state index contributed by atoms with van der Waals surface area (Å²) in [5.74, 6) is 0.271. The van der Waals surface area contributed by atoms with Crippen LogP contribution in [-0.4, -0.2) is 15.0 Å². The average Bonchev–Trinajstić information content (AvgIpc) is 2.48. The Hall–Kier alpha value is -2.75. The van der Waals surface area contributed by atoms with Gasteiger partial charge in [-0.05, 0) is 18.2 Å². The lowest BCUT2D eigenvalue weighted by Crippen LogP contribution is -1.98. The van der Waals surface area contributed by atoms with Gasteiger partial charge in [-0.1, -0.05) is 30.3 Å². The first-order valence-electron chi connectivity index (χ1n) is 5.93. The van der Waals surface area contributed by atoms with Gasteiger partial charge in [-0.2, -0.15) is 0 Å². The number of nitrogens with two attached hydrogens (primary N) is 1. The van der Waals surface area contributed by atoms with Crippen LogP contribution in [0.15, 0.2) is 60.9 Å². The Morgan fingerprint density at radius 1 is 0.737 bits per heavy atom. The molecule has 0 spiro atoms. The van der Waals surface area contributed by atoms with Gasteiger partial charge in [0.2, 0.25) is 5.95 Å². The van der Waals surface area contributed by atoms with Gasteiger partial charge >= 0.3 is 0 Å². The van der Waals surface area contributed by atoms with E-state index in [1.165, 1.54) is 0 Å². The molecule has 0 bridgehead atoms. The highest BCUT2D eigenvalue weighted by atomic mass is 15.0. The first kappa shape index (κ1) is 11.3. The second-order valence-corrected chi connectivity index (χ2v) is 4.10. The van der Waals surface area contributed by atoms with Crippen molar-refractivity contribution >= 4 is 5.95 Å². The molecule has 0 amide bonds. The molecule has 0 aliphatic rings. The number of hydrogen-bond donors (Lipinski definition) is 1. The van der Waals surface area contributed by atoms with Crippen LogP contribution in [0.25, 0.3) is 22.5 Å². The van der Waals surface area contributed by atoms with Crippen LogP contribution in [0.3, 0.4) is 0 Å². The third-order valence-corrected chi connectivity index (χ3v) is 2.79. The number of anilines is 1. The van der Waals surface area contributed by atoms with Crippen LogP contribution in [0.2, 0.25) is 0 Å². The van der Waals surface area contributed by atoms with Gasteiger partial charge in [-0.15, -0.1) is 0 Å². The van der Waals surface area contributed by atoms with Crippen molar-refractivity contribution < 1.29 is 0 Å². The van der Waals surface area contributed by atoms with Gasteiger partial charge in [0.05, 0.1) is 11.4 Å². The number of nitrogens with zero attached hydrogens (tertiary/aromatic N) is 3. The summed E-state index contributed by atoms with van der Waals surface area (Å²) in [5, 5.41) is 0. The van der Waals surface area contributed by atoms with E-state index in [2.05, 4.69) is 15.0 Å². The molecule has 0 saturated carbocycles. The molecule has 3 aromatic rings. The summed E-state index contributed by atoms with van der Waals surface area (Å²) >= 11 is 0. The van der Waals surface area contributed by atoms with Gasteiger partial charge < -0.3 is 5.73 Å². The molecule has 4 heteroatoms. The lowest BCUT2D eigenvalue weighted by Gasteiger charge is -2.06. The number of rotatable bonds is 2. The van der Waals surface area contributed by atoms with Gasteiger partial charge in [0.25, 0.3) is 0 Å². The predicted molar refractivity (Wildman–Crippen MR) is 75.1 cm³/mol. The molecular weight excluding hydrogens is 236 g/mol.